The Balaban J connectivity index is 2.46. The summed E-state index contributed by atoms with van der Waals surface area (Å²) in [6.45, 7) is 1.78. The van der Waals surface area contributed by atoms with E-state index in [1.807, 2.05) is 6.07 Å². The van der Waals surface area contributed by atoms with Gasteiger partial charge in [0.25, 0.3) is 0 Å². The monoisotopic (exact) mass is 192 g/mol. The highest BCUT2D eigenvalue weighted by molar-refractivity contribution is 6.03. The van der Waals surface area contributed by atoms with Crippen LogP contribution in [0.3, 0.4) is 0 Å². The Bertz CT molecular complexity index is 373. The first-order valence-electron chi connectivity index (χ1n) is 4.55. The molecule has 2 rings (SSSR count). The summed E-state index contributed by atoms with van der Waals surface area (Å²) in [4.78, 5) is 11.9. The van der Waals surface area contributed by atoms with Crippen LogP contribution in [0.5, 0.6) is 5.75 Å². The maximum Gasteiger partial charge on any atom is 0.178 e. The van der Waals surface area contributed by atoms with Crippen molar-refractivity contribution in [1.82, 2.24) is 0 Å². The Morgan fingerprint density at radius 3 is 2.93 bits per heavy atom. The van der Waals surface area contributed by atoms with Crippen LogP contribution in [-0.2, 0) is 0 Å². The molecule has 14 heavy (non-hydrogen) atoms. The predicted octanol–water partition coefficient (Wildman–Crippen LogP) is 1.26. The molecule has 1 N–H and O–H groups in total. The van der Waals surface area contributed by atoms with Crippen molar-refractivity contribution in [3.8, 4) is 5.75 Å². The molecule has 3 nitrogen and oxygen atoms in total. The average molecular weight is 192 g/mol. The molecule has 1 heterocycles. The third-order valence-corrected chi connectivity index (χ3v) is 2.58. The Morgan fingerprint density at radius 1 is 1.50 bits per heavy atom. The topological polar surface area (TPSA) is 46.5 Å². The number of aliphatic hydroxyl groups is 1. The van der Waals surface area contributed by atoms with Crippen LogP contribution in [0.25, 0.3) is 0 Å². The number of hydrogen-bond acceptors (Lipinski definition) is 3. The van der Waals surface area contributed by atoms with Crippen molar-refractivity contribution in [3.63, 3.8) is 0 Å². The van der Waals surface area contributed by atoms with E-state index in [9.17, 15) is 4.79 Å². The van der Waals surface area contributed by atoms with Crippen LogP contribution < -0.4 is 4.74 Å². The molecular formula is C11H12O3. The Hall–Kier alpha value is -1.35. The largest absolute Gasteiger partial charge is 0.492 e. The number of hydrogen-bond donors (Lipinski definition) is 1. The lowest BCUT2D eigenvalue weighted by atomic mass is 9.82. The number of Topliss-reactive ketones (excluding diaryl/α,β-unsaturated/α-hetero) is 1. The van der Waals surface area contributed by atoms with Crippen molar-refractivity contribution in [3.05, 3.63) is 29.8 Å². The van der Waals surface area contributed by atoms with E-state index in [1.54, 1.807) is 25.1 Å². The van der Waals surface area contributed by atoms with Gasteiger partial charge in [0.2, 0.25) is 0 Å². The lowest BCUT2D eigenvalue weighted by molar-refractivity contribution is 0.0454. The number of benzene rings is 1. The Labute approximate surface area is 82.3 Å². The summed E-state index contributed by atoms with van der Waals surface area (Å²) in [5.41, 5.74) is -0.218. The standard InChI is InChI=1S/C11H12O3/c1-11(6-12)7-14-9-5-3-2-4-8(9)10(11)13/h2-5,12H,6-7H2,1H3/t11-/m0/s1. The van der Waals surface area contributed by atoms with Crippen molar-refractivity contribution in [2.45, 2.75) is 6.92 Å². The van der Waals surface area contributed by atoms with Crippen molar-refractivity contribution < 1.29 is 14.6 Å². The fourth-order valence-corrected chi connectivity index (χ4v) is 1.53. The van der Waals surface area contributed by atoms with E-state index in [2.05, 4.69) is 0 Å². The maximum atomic E-state index is 11.9. The van der Waals surface area contributed by atoms with Gasteiger partial charge in [0.05, 0.1) is 17.6 Å². The Kier molecular flexibility index (Phi) is 2.04. The highest BCUT2D eigenvalue weighted by Crippen LogP contribution is 2.33. The van der Waals surface area contributed by atoms with Crippen molar-refractivity contribution >= 4 is 5.78 Å². The molecule has 0 saturated heterocycles. The maximum absolute atomic E-state index is 11.9. The molecule has 0 fully saturated rings. The third-order valence-electron chi connectivity index (χ3n) is 2.58. The fourth-order valence-electron chi connectivity index (χ4n) is 1.53. The van der Waals surface area contributed by atoms with Crippen molar-refractivity contribution in [2.75, 3.05) is 13.2 Å². The van der Waals surface area contributed by atoms with Gasteiger partial charge in [-0.15, -0.1) is 0 Å². The first kappa shape index (κ1) is 9.21. The number of aliphatic hydroxyl groups excluding tert-OH is 1. The van der Waals surface area contributed by atoms with Gasteiger partial charge >= 0.3 is 0 Å². The zero-order valence-electron chi connectivity index (χ0n) is 7.99. The average Bonchev–Trinajstić information content (AvgIpc) is 2.24. The predicted molar refractivity (Wildman–Crippen MR) is 51.5 cm³/mol. The third kappa shape index (κ3) is 1.21. The molecule has 1 aliphatic rings. The van der Waals surface area contributed by atoms with Gasteiger partial charge < -0.3 is 9.84 Å². The molecule has 1 aromatic carbocycles. The molecule has 1 aliphatic heterocycles. The van der Waals surface area contributed by atoms with Crippen molar-refractivity contribution in [1.29, 1.82) is 0 Å². The summed E-state index contributed by atoms with van der Waals surface area (Å²) in [5, 5.41) is 9.15. The molecule has 0 saturated carbocycles. The first-order valence-corrected chi connectivity index (χ1v) is 4.55. The second-order valence-corrected chi connectivity index (χ2v) is 3.83. The van der Waals surface area contributed by atoms with Crippen LogP contribution in [0.1, 0.15) is 17.3 Å². The molecular weight excluding hydrogens is 180 g/mol. The summed E-state index contributed by atoms with van der Waals surface area (Å²) < 4.78 is 5.42. The Morgan fingerprint density at radius 2 is 2.21 bits per heavy atom. The number of ketones is 1. The van der Waals surface area contributed by atoms with E-state index < -0.39 is 5.41 Å². The van der Waals surface area contributed by atoms with Gasteiger partial charge in [-0.2, -0.15) is 0 Å². The molecule has 1 aromatic rings. The lowest BCUT2D eigenvalue weighted by Crippen LogP contribution is -2.41. The van der Waals surface area contributed by atoms with E-state index in [4.69, 9.17) is 9.84 Å². The molecule has 0 aliphatic carbocycles. The van der Waals surface area contributed by atoms with Gasteiger partial charge in [0, 0.05) is 0 Å². The summed E-state index contributed by atoms with van der Waals surface area (Å²) >= 11 is 0. The minimum Gasteiger partial charge on any atom is -0.492 e. The van der Waals surface area contributed by atoms with Gasteiger partial charge in [0.1, 0.15) is 12.4 Å². The molecule has 0 amide bonds. The van der Waals surface area contributed by atoms with Gasteiger partial charge in [-0.05, 0) is 19.1 Å². The second-order valence-electron chi connectivity index (χ2n) is 3.83. The van der Waals surface area contributed by atoms with Gasteiger partial charge in [-0.1, -0.05) is 12.1 Å². The lowest BCUT2D eigenvalue weighted by Gasteiger charge is -2.31. The molecule has 0 radical (unpaired) electrons. The number of carbonyl (C=O) groups excluding carboxylic acids is 1. The van der Waals surface area contributed by atoms with Gasteiger partial charge in [-0.25, -0.2) is 0 Å². The van der Waals surface area contributed by atoms with E-state index >= 15 is 0 Å². The summed E-state index contributed by atoms with van der Waals surface area (Å²) in [6.07, 6.45) is 0. The quantitative estimate of drug-likeness (QED) is 0.728. The van der Waals surface area contributed by atoms with Crippen LogP contribution in [-0.4, -0.2) is 24.1 Å². The van der Waals surface area contributed by atoms with E-state index in [-0.39, 0.29) is 19.0 Å². The fraction of sp³-hybridized carbons (Fsp3) is 0.364. The van der Waals surface area contributed by atoms with Crippen LogP contribution in [0.2, 0.25) is 0 Å². The summed E-state index contributed by atoms with van der Waals surface area (Å²) in [5.74, 6) is 0.574. The summed E-state index contributed by atoms with van der Waals surface area (Å²) in [7, 11) is 0. The zero-order chi connectivity index (χ0) is 10.2. The number of para-hydroxylation sites is 1. The van der Waals surface area contributed by atoms with Gasteiger partial charge in [0.15, 0.2) is 5.78 Å². The second kappa shape index (κ2) is 3.10. The van der Waals surface area contributed by atoms with Crippen LogP contribution in [0.15, 0.2) is 24.3 Å². The molecule has 0 aromatic heterocycles. The minimum absolute atomic E-state index is 0.0400. The number of fused-ring (bicyclic) bond motifs is 1. The zero-order valence-corrected chi connectivity index (χ0v) is 7.99. The minimum atomic E-state index is -0.783. The van der Waals surface area contributed by atoms with E-state index in [1.165, 1.54) is 0 Å². The molecule has 74 valence electrons. The number of ether oxygens (including phenoxy) is 1. The van der Waals surface area contributed by atoms with E-state index in [0.717, 1.165) is 0 Å². The highest BCUT2D eigenvalue weighted by atomic mass is 16.5. The molecule has 0 bridgehead atoms. The van der Waals surface area contributed by atoms with E-state index in [0.29, 0.717) is 11.3 Å². The normalized spacial score (nSPS) is 25.4. The molecule has 0 spiro atoms. The molecule has 1 atom stereocenters. The van der Waals surface area contributed by atoms with Gasteiger partial charge in [-0.3, -0.25) is 4.79 Å². The smallest absolute Gasteiger partial charge is 0.178 e. The number of carbonyl (C=O) groups is 1. The van der Waals surface area contributed by atoms with Crippen LogP contribution in [0, 0.1) is 5.41 Å². The van der Waals surface area contributed by atoms with Crippen LogP contribution in [0.4, 0.5) is 0 Å². The SMILES string of the molecule is C[C@]1(CO)COc2ccccc2C1=O. The molecule has 0 unspecified atom stereocenters. The van der Waals surface area contributed by atoms with Crippen LogP contribution >= 0.6 is 0 Å². The first-order chi connectivity index (χ1) is 6.67. The summed E-state index contributed by atoms with van der Waals surface area (Å²) in [6, 6.07) is 7.12. The highest BCUT2D eigenvalue weighted by Gasteiger charge is 2.39. The number of rotatable bonds is 1. The molecule has 3 heteroatoms. The van der Waals surface area contributed by atoms with Crippen molar-refractivity contribution in [2.24, 2.45) is 5.41 Å².